The predicted molar refractivity (Wildman–Crippen MR) is 177 cm³/mol. The first-order valence-corrected chi connectivity index (χ1v) is 17.1. The number of fused-ring (bicyclic) bond motifs is 5. The Morgan fingerprint density at radius 1 is 0.816 bits per heavy atom. The van der Waals surface area contributed by atoms with Crippen LogP contribution in [0.1, 0.15) is 160 Å². The van der Waals surface area contributed by atoms with Crippen LogP contribution in [0.2, 0.25) is 0 Å². The lowest BCUT2D eigenvalue weighted by molar-refractivity contribution is -0.142. The zero-order chi connectivity index (χ0) is 29.7. The van der Waals surface area contributed by atoms with Crippen molar-refractivity contribution in [3.63, 3.8) is 0 Å². The lowest BCUT2D eigenvalue weighted by Crippen LogP contribution is -2.56. The fourth-order valence-electron chi connectivity index (χ4n) is 9.50. The summed E-state index contributed by atoms with van der Waals surface area (Å²) in [6.45, 7) is 38.1. The molecule has 0 bridgehead atoms. The second-order valence-corrected chi connectivity index (χ2v) is 14.2. The van der Waals surface area contributed by atoms with E-state index in [-0.39, 0.29) is 0 Å². The SMILES string of the molecule is C=C.C=C(C)CCC(C)C1CCC2C3C(C)CC4CC(C)CCC4(C)C3CCC12C.CC.CCC.CCC. The van der Waals surface area contributed by atoms with Gasteiger partial charge >= 0.3 is 0 Å². The van der Waals surface area contributed by atoms with Gasteiger partial charge in [0.15, 0.2) is 0 Å². The zero-order valence-corrected chi connectivity index (χ0v) is 28.7. The molecule has 226 valence electrons. The third-order valence-electron chi connectivity index (χ3n) is 11.1. The molecule has 0 radical (unpaired) electrons. The molecule has 0 amide bonds. The van der Waals surface area contributed by atoms with E-state index in [2.05, 4.69) is 89.0 Å². The third kappa shape index (κ3) is 8.74. The molecular weight excluding hydrogens is 456 g/mol. The van der Waals surface area contributed by atoms with E-state index < -0.39 is 0 Å². The molecule has 0 spiro atoms. The van der Waals surface area contributed by atoms with Gasteiger partial charge in [0.1, 0.15) is 0 Å². The summed E-state index contributed by atoms with van der Waals surface area (Å²) in [5, 5.41) is 0. The van der Waals surface area contributed by atoms with Crippen LogP contribution in [0.15, 0.2) is 25.3 Å². The normalized spacial score (nSPS) is 39.3. The molecule has 0 N–H and O–H groups in total. The van der Waals surface area contributed by atoms with E-state index >= 15 is 0 Å². The van der Waals surface area contributed by atoms with E-state index in [4.69, 9.17) is 0 Å². The average Bonchev–Trinajstić information content (AvgIpc) is 3.24. The highest BCUT2D eigenvalue weighted by Gasteiger charge is 2.61. The Bertz CT molecular complexity index is 630. The summed E-state index contributed by atoms with van der Waals surface area (Å²) in [5.74, 6) is 7.84. The van der Waals surface area contributed by atoms with Crippen LogP contribution in [0.4, 0.5) is 0 Å². The lowest BCUT2D eigenvalue weighted by atomic mass is 9.42. The average molecular weight is 531 g/mol. The molecule has 4 aliphatic carbocycles. The monoisotopic (exact) mass is 531 g/mol. The maximum Gasteiger partial charge on any atom is -0.0264 e. The number of allylic oxidation sites excluding steroid dienone is 1. The van der Waals surface area contributed by atoms with Crippen molar-refractivity contribution in [1.82, 2.24) is 0 Å². The van der Waals surface area contributed by atoms with Gasteiger partial charge in [-0.2, -0.15) is 0 Å². The Hall–Kier alpha value is -0.520. The van der Waals surface area contributed by atoms with E-state index in [1.165, 1.54) is 82.6 Å². The van der Waals surface area contributed by atoms with Gasteiger partial charge in [0.05, 0.1) is 0 Å². The molecule has 4 rings (SSSR count). The Kier molecular flexibility index (Phi) is 17.8. The van der Waals surface area contributed by atoms with Gasteiger partial charge in [0, 0.05) is 0 Å². The van der Waals surface area contributed by atoms with Crippen LogP contribution in [0, 0.1) is 58.2 Å². The molecule has 0 aromatic rings. The van der Waals surface area contributed by atoms with Gasteiger partial charge in [-0.1, -0.05) is 101 Å². The minimum atomic E-state index is 0.620. The van der Waals surface area contributed by atoms with Crippen LogP contribution in [0.25, 0.3) is 0 Å². The van der Waals surface area contributed by atoms with Crippen LogP contribution in [0.3, 0.4) is 0 Å². The van der Waals surface area contributed by atoms with Crippen LogP contribution < -0.4 is 0 Å². The Balaban J connectivity index is 0.00000121. The fourth-order valence-corrected chi connectivity index (χ4v) is 9.50. The van der Waals surface area contributed by atoms with Crippen molar-refractivity contribution in [2.24, 2.45) is 58.2 Å². The summed E-state index contributed by atoms with van der Waals surface area (Å²) in [5.41, 5.74) is 2.66. The smallest absolute Gasteiger partial charge is 0.0264 e. The largest absolute Gasteiger partial charge is 0.106 e. The van der Waals surface area contributed by atoms with E-state index in [9.17, 15) is 0 Å². The molecule has 4 fully saturated rings. The van der Waals surface area contributed by atoms with Crippen molar-refractivity contribution in [2.75, 3.05) is 0 Å². The second-order valence-electron chi connectivity index (χ2n) is 14.2. The van der Waals surface area contributed by atoms with Crippen molar-refractivity contribution in [2.45, 2.75) is 160 Å². The summed E-state index contributed by atoms with van der Waals surface area (Å²) in [4.78, 5) is 0. The minimum absolute atomic E-state index is 0.620. The summed E-state index contributed by atoms with van der Waals surface area (Å²) in [7, 11) is 0. The van der Waals surface area contributed by atoms with E-state index in [1.54, 1.807) is 0 Å². The van der Waals surface area contributed by atoms with E-state index in [0.29, 0.717) is 10.8 Å². The van der Waals surface area contributed by atoms with Gasteiger partial charge in [-0.25, -0.2) is 0 Å². The molecule has 0 heterocycles. The zero-order valence-electron chi connectivity index (χ0n) is 28.7. The number of hydrogen-bond donors (Lipinski definition) is 0. The molecule has 10 atom stereocenters. The number of rotatable bonds is 4. The topological polar surface area (TPSA) is 0 Å². The molecule has 0 heteroatoms. The summed E-state index contributed by atoms with van der Waals surface area (Å²) in [6.07, 6.45) is 17.3. The van der Waals surface area contributed by atoms with Gasteiger partial charge in [-0.15, -0.1) is 19.7 Å². The molecule has 0 aliphatic heterocycles. The molecule has 4 aliphatic rings. The highest BCUT2D eigenvalue weighted by atomic mass is 14.7. The Morgan fingerprint density at radius 2 is 1.32 bits per heavy atom. The molecule has 38 heavy (non-hydrogen) atoms. The van der Waals surface area contributed by atoms with Crippen molar-refractivity contribution in [3.05, 3.63) is 25.3 Å². The first-order valence-electron chi connectivity index (χ1n) is 17.1. The van der Waals surface area contributed by atoms with Crippen LogP contribution in [0.5, 0.6) is 0 Å². The van der Waals surface area contributed by atoms with Crippen molar-refractivity contribution < 1.29 is 0 Å². The molecule has 4 saturated carbocycles. The van der Waals surface area contributed by atoms with Crippen LogP contribution in [-0.2, 0) is 0 Å². The number of hydrogen-bond acceptors (Lipinski definition) is 0. The fraction of sp³-hybridized carbons (Fsp3) is 0.895. The quantitative estimate of drug-likeness (QED) is 0.317. The molecule has 0 nitrogen and oxygen atoms in total. The standard InChI is InChI=1S/C28H48.2C3H8.C2H6.C2H4/c1-18(2)8-9-20(4)23-10-11-24-26-21(5)17-22-16-19(3)12-14-27(22,6)25(26)13-15-28(23,24)7;2*1-3-2;2*1-2/h19-26H,1,8-17H2,2-7H3;2*3H2,1-2H3;1-2H3;1-2H2. The third-order valence-corrected chi connectivity index (χ3v) is 11.1. The highest BCUT2D eigenvalue weighted by molar-refractivity contribution is 5.11. The lowest BCUT2D eigenvalue weighted by Gasteiger charge is -2.63. The summed E-state index contributed by atoms with van der Waals surface area (Å²) < 4.78 is 0. The van der Waals surface area contributed by atoms with Crippen molar-refractivity contribution in [1.29, 1.82) is 0 Å². The van der Waals surface area contributed by atoms with Crippen molar-refractivity contribution in [3.8, 4) is 0 Å². The summed E-state index contributed by atoms with van der Waals surface area (Å²) >= 11 is 0. The minimum Gasteiger partial charge on any atom is -0.106 e. The maximum atomic E-state index is 4.17. The maximum absolute atomic E-state index is 4.17. The van der Waals surface area contributed by atoms with Crippen molar-refractivity contribution >= 4 is 0 Å². The molecule has 0 aromatic carbocycles. The molecule has 10 unspecified atom stereocenters. The second kappa shape index (κ2) is 18.0. The first kappa shape index (κ1) is 37.5. The van der Waals surface area contributed by atoms with Gasteiger partial charge in [-0.05, 0) is 123 Å². The van der Waals surface area contributed by atoms with Gasteiger partial charge in [-0.3, -0.25) is 0 Å². The van der Waals surface area contributed by atoms with Gasteiger partial charge in [0.2, 0.25) is 0 Å². The summed E-state index contributed by atoms with van der Waals surface area (Å²) in [6, 6.07) is 0. The molecular formula is C38H74. The predicted octanol–water partition coefficient (Wildman–Crippen LogP) is 13.2. The molecule has 0 aromatic heterocycles. The molecule has 0 saturated heterocycles. The highest BCUT2D eigenvalue weighted by Crippen LogP contribution is 2.69. The van der Waals surface area contributed by atoms with Crippen LogP contribution in [-0.4, -0.2) is 0 Å². The van der Waals surface area contributed by atoms with E-state index in [1.807, 2.05) is 13.8 Å². The van der Waals surface area contributed by atoms with Crippen LogP contribution >= 0.6 is 0 Å². The van der Waals surface area contributed by atoms with Gasteiger partial charge < -0.3 is 0 Å². The van der Waals surface area contributed by atoms with E-state index in [0.717, 1.165) is 47.3 Å². The first-order chi connectivity index (χ1) is 18.0. The Morgan fingerprint density at radius 3 is 1.84 bits per heavy atom. The van der Waals surface area contributed by atoms with Gasteiger partial charge in [0.25, 0.3) is 0 Å². The Labute approximate surface area is 243 Å².